The van der Waals surface area contributed by atoms with Gasteiger partial charge in [0.1, 0.15) is 17.3 Å². The van der Waals surface area contributed by atoms with Crippen molar-refractivity contribution >= 4 is 29.1 Å². The maximum Gasteiger partial charge on any atom is 0.337 e. The first kappa shape index (κ1) is 23.6. The Morgan fingerprint density at radius 2 is 1.49 bits per heavy atom. The Labute approximate surface area is 202 Å². The highest BCUT2D eigenvalue weighted by atomic mass is 16.5. The summed E-state index contributed by atoms with van der Waals surface area (Å²) in [5.74, 6) is -1.54. The van der Waals surface area contributed by atoms with E-state index in [4.69, 9.17) is 14.2 Å². The van der Waals surface area contributed by atoms with Gasteiger partial charge in [-0.25, -0.2) is 4.79 Å². The largest absolute Gasteiger partial charge is 0.507 e. The number of aliphatic hydroxyl groups excluding tert-OH is 1. The van der Waals surface area contributed by atoms with E-state index in [1.807, 2.05) is 0 Å². The minimum Gasteiger partial charge on any atom is -0.507 e. The number of aliphatic hydroxyl groups is 1. The molecule has 0 bridgehead atoms. The van der Waals surface area contributed by atoms with Crippen molar-refractivity contribution in [1.29, 1.82) is 0 Å². The summed E-state index contributed by atoms with van der Waals surface area (Å²) in [6.45, 7) is 0. The molecule has 0 aliphatic carbocycles. The second-order valence-corrected chi connectivity index (χ2v) is 7.72. The molecule has 1 atom stereocenters. The van der Waals surface area contributed by atoms with E-state index in [2.05, 4.69) is 0 Å². The minimum atomic E-state index is -0.958. The van der Waals surface area contributed by atoms with Gasteiger partial charge in [-0.05, 0) is 48.0 Å². The number of anilines is 1. The van der Waals surface area contributed by atoms with Crippen LogP contribution in [0, 0.1) is 0 Å². The first-order valence-corrected chi connectivity index (χ1v) is 10.7. The molecule has 1 aliphatic rings. The van der Waals surface area contributed by atoms with E-state index >= 15 is 0 Å². The molecule has 1 fully saturated rings. The number of benzene rings is 3. The lowest BCUT2D eigenvalue weighted by atomic mass is 9.95. The molecule has 1 amide bonds. The second-order valence-electron chi connectivity index (χ2n) is 7.72. The average molecular weight is 473 g/mol. The molecule has 178 valence electrons. The number of Topliss-reactive ketones (excluding diaryl/α,β-unsaturated/α-hetero) is 1. The van der Waals surface area contributed by atoms with E-state index in [9.17, 15) is 19.5 Å². The predicted octanol–water partition coefficient (Wildman–Crippen LogP) is 4.12. The number of esters is 1. The van der Waals surface area contributed by atoms with Gasteiger partial charge in [0.25, 0.3) is 11.7 Å². The van der Waals surface area contributed by atoms with Crippen LogP contribution in [-0.2, 0) is 14.3 Å². The number of hydrogen-bond acceptors (Lipinski definition) is 7. The number of carbonyl (C=O) groups is 3. The molecule has 3 aromatic carbocycles. The molecule has 8 heteroatoms. The van der Waals surface area contributed by atoms with Crippen molar-refractivity contribution in [3.63, 3.8) is 0 Å². The fourth-order valence-electron chi connectivity index (χ4n) is 4.03. The highest BCUT2D eigenvalue weighted by Gasteiger charge is 2.47. The summed E-state index contributed by atoms with van der Waals surface area (Å²) < 4.78 is 15.3. The molecule has 0 radical (unpaired) electrons. The third-order valence-corrected chi connectivity index (χ3v) is 5.76. The van der Waals surface area contributed by atoms with E-state index < -0.39 is 23.7 Å². The Morgan fingerprint density at radius 3 is 2.14 bits per heavy atom. The van der Waals surface area contributed by atoms with Gasteiger partial charge < -0.3 is 19.3 Å². The van der Waals surface area contributed by atoms with Crippen LogP contribution in [0.5, 0.6) is 11.5 Å². The molecule has 1 heterocycles. The number of rotatable bonds is 6. The van der Waals surface area contributed by atoms with Gasteiger partial charge in [0.05, 0.1) is 38.5 Å². The van der Waals surface area contributed by atoms with E-state index in [-0.39, 0.29) is 16.9 Å². The van der Waals surface area contributed by atoms with Crippen LogP contribution in [0.1, 0.15) is 27.5 Å². The topological polar surface area (TPSA) is 102 Å². The van der Waals surface area contributed by atoms with Crippen molar-refractivity contribution in [2.24, 2.45) is 0 Å². The fourth-order valence-corrected chi connectivity index (χ4v) is 4.03. The molecule has 0 aromatic heterocycles. The molecule has 1 aliphatic heterocycles. The van der Waals surface area contributed by atoms with Crippen LogP contribution in [0.2, 0.25) is 0 Å². The second kappa shape index (κ2) is 9.72. The summed E-state index contributed by atoms with van der Waals surface area (Å²) in [4.78, 5) is 39.9. The maximum atomic E-state index is 13.3. The number of ketones is 1. The van der Waals surface area contributed by atoms with Crippen molar-refractivity contribution in [2.45, 2.75) is 6.04 Å². The van der Waals surface area contributed by atoms with Gasteiger partial charge >= 0.3 is 5.97 Å². The predicted molar refractivity (Wildman–Crippen MR) is 129 cm³/mol. The Hall–Kier alpha value is -4.59. The van der Waals surface area contributed by atoms with E-state index in [1.165, 1.54) is 32.3 Å². The van der Waals surface area contributed by atoms with Crippen LogP contribution < -0.4 is 14.4 Å². The quantitative estimate of drug-likeness (QED) is 0.249. The highest BCUT2D eigenvalue weighted by Crippen LogP contribution is 2.42. The fraction of sp³-hybridized carbons (Fsp3) is 0.148. The molecule has 1 N–H and O–H groups in total. The van der Waals surface area contributed by atoms with Gasteiger partial charge in [-0.2, -0.15) is 0 Å². The third kappa shape index (κ3) is 4.33. The Kier molecular flexibility index (Phi) is 6.55. The molecule has 1 saturated heterocycles. The number of carbonyl (C=O) groups excluding carboxylic acids is 3. The molecule has 3 aromatic rings. The number of amides is 1. The Bertz CT molecular complexity index is 1330. The molecule has 8 nitrogen and oxygen atoms in total. The lowest BCUT2D eigenvalue weighted by Crippen LogP contribution is -2.29. The van der Waals surface area contributed by atoms with Crippen LogP contribution in [0.4, 0.5) is 5.69 Å². The zero-order valence-corrected chi connectivity index (χ0v) is 19.3. The molecular weight excluding hydrogens is 450 g/mol. The van der Waals surface area contributed by atoms with E-state index in [1.54, 1.807) is 66.7 Å². The summed E-state index contributed by atoms with van der Waals surface area (Å²) in [5, 5.41) is 11.2. The highest BCUT2D eigenvalue weighted by molar-refractivity contribution is 6.51. The molecule has 4 rings (SSSR count). The average Bonchev–Trinajstić information content (AvgIpc) is 3.17. The minimum absolute atomic E-state index is 0.0862. The van der Waals surface area contributed by atoms with Gasteiger partial charge in [0.2, 0.25) is 0 Å². The number of methoxy groups -OCH3 is 3. The summed E-state index contributed by atoms with van der Waals surface area (Å²) in [6.07, 6.45) is 0. The maximum absolute atomic E-state index is 13.3. The molecule has 35 heavy (non-hydrogen) atoms. The van der Waals surface area contributed by atoms with Crippen LogP contribution in [0.25, 0.3) is 5.76 Å². The van der Waals surface area contributed by atoms with E-state index in [0.717, 1.165) is 0 Å². The number of hydrogen-bond donors (Lipinski definition) is 1. The van der Waals surface area contributed by atoms with E-state index in [0.29, 0.717) is 28.3 Å². The van der Waals surface area contributed by atoms with Crippen LogP contribution >= 0.6 is 0 Å². The number of nitrogens with zero attached hydrogens (tertiary/aromatic N) is 1. The van der Waals surface area contributed by atoms with Gasteiger partial charge in [-0.15, -0.1) is 0 Å². The van der Waals surface area contributed by atoms with Gasteiger partial charge in [0, 0.05) is 11.3 Å². The van der Waals surface area contributed by atoms with Crippen LogP contribution in [-0.4, -0.2) is 44.1 Å². The first-order valence-electron chi connectivity index (χ1n) is 10.7. The van der Waals surface area contributed by atoms with Crippen molar-refractivity contribution in [2.75, 3.05) is 26.2 Å². The van der Waals surface area contributed by atoms with Crippen LogP contribution in [0.15, 0.2) is 78.4 Å². The Morgan fingerprint density at radius 1 is 0.829 bits per heavy atom. The number of ether oxygens (including phenoxy) is 3. The molecule has 0 saturated carbocycles. The van der Waals surface area contributed by atoms with Crippen molar-refractivity contribution in [3.05, 3.63) is 95.1 Å². The lowest BCUT2D eigenvalue weighted by molar-refractivity contribution is -0.132. The zero-order chi connectivity index (χ0) is 25.1. The first-order chi connectivity index (χ1) is 16.9. The lowest BCUT2D eigenvalue weighted by Gasteiger charge is -2.26. The third-order valence-electron chi connectivity index (χ3n) is 5.76. The van der Waals surface area contributed by atoms with Crippen molar-refractivity contribution in [3.8, 4) is 11.5 Å². The van der Waals surface area contributed by atoms with Gasteiger partial charge in [0.15, 0.2) is 0 Å². The zero-order valence-electron chi connectivity index (χ0n) is 19.3. The summed E-state index contributed by atoms with van der Waals surface area (Å²) >= 11 is 0. The van der Waals surface area contributed by atoms with Gasteiger partial charge in [-0.1, -0.05) is 30.3 Å². The Balaban J connectivity index is 1.93. The summed E-state index contributed by atoms with van der Waals surface area (Å²) in [6, 6.07) is 18.7. The monoisotopic (exact) mass is 473 g/mol. The van der Waals surface area contributed by atoms with Crippen LogP contribution in [0.3, 0.4) is 0 Å². The normalized spacial score (nSPS) is 16.8. The van der Waals surface area contributed by atoms with Gasteiger partial charge in [-0.3, -0.25) is 14.5 Å². The van der Waals surface area contributed by atoms with Crippen molar-refractivity contribution in [1.82, 2.24) is 0 Å². The molecule has 0 spiro atoms. The molecule has 1 unspecified atom stereocenters. The SMILES string of the molecule is COC(=O)c1cccc(N2C(=O)C(=O)/C(=C(/O)c3cccc(OC)c3)C2c2ccc(OC)cc2)c1. The summed E-state index contributed by atoms with van der Waals surface area (Å²) in [7, 11) is 4.28. The van der Waals surface area contributed by atoms with Crippen molar-refractivity contribution < 1.29 is 33.7 Å². The summed E-state index contributed by atoms with van der Waals surface area (Å²) in [5.41, 5.74) is 1.33. The molecular formula is C27H23NO7. The smallest absolute Gasteiger partial charge is 0.337 e. The standard InChI is InChI=1S/C27H23NO7/c1-33-20-12-10-16(11-13-20)23-22(24(29)17-6-5-9-21(15-17)34-2)25(30)26(31)28(23)19-8-4-7-18(14-19)27(32)35-3/h4-15,23,29H,1-3H3/b24-22+.